The minimum absolute atomic E-state index is 0.0940. The van der Waals surface area contributed by atoms with Crippen LogP contribution in [0.3, 0.4) is 0 Å². The first-order valence-corrected chi connectivity index (χ1v) is 12.7. The molecule has 2 aromatic carbocycles. The average Bonchev–Trinajstić information content (AvgIpc) is 3.33. The van der Waals surface area contributed by atoms with E-state index in [1.54, 1.807) is 32.0 Å². The number of hydrogen-bond donors (Lipinski definition) is 1. The normalized spacial score (nSPS) is 16.2. The lowest BCUT2D eigenvalue weighted by Crippen LogP contribution is -2.30. The second-order valence-electron chi connectivity index (χ2n) is 7.67. The highest BCUT2D eigenvalue weighted by atomic mass is 32.2. The highest BCUT2D eigenvalue weighted by Crippen LogP contribution is 2.33. The van der Waals surface area contributed by atoms with Gasteiger partial charge in [-0.05, 0) is 43.2 Å². The van der Waals surface area contributed by atoms with E-state index in [-0.39, 0.29) is 35.6 Å². The van der Waals surface area contributed by atoms with E-state index in [1.165, 1.54) is 16.4 Å². The van der Waals surface area contributed by atoms with Gasteiger partial charge in [0.25, 0.3) is 0 Å². The average molecular weight is 477 g/mol. The van der Waals surface area contributed by atoms with E-state index >= 15 is 0 Å². The van der Waals surface area contributed by atoms with Gasteiger partial charge in [0.1, 0.15) is 5.75 Å². The summed E-state index contributed by atoms with van der Waals surface area (Å²) in [6.45, 7) is 5.74. The van der Waals surface area contributed by atoms with E-state index in [9.17, 15) is 13.2 Å². The van der Waals surface area contributed by atoms with Crippen LogP contribution >= 0.6 is 0 Å². The molecule has 180 valence electrons. The molecule has 9 heteroatoms. The van der Waals surface area contributed by atoms with Gasteiger partial charge in [-0.1, -0.05) is 32.0 Å². The summed E-state index contributed by atoms with van der Waals surface area (Å²) in [7, 11) is -3.69. The maximum atomic E-state index is 13.0. The van der Waals surface area contributed by atoms with Gasteiger partial charge >= 0.3 is 0 Å². The fraction of sp³-hybridized carbons (Fsp3) is 0.458. The Morgan fingerprint density at radius 2 is 1.91 bits per heavy atom. The lowest BCUT2D eigenvalue weighted by atomic mass is 10.2. The van der Waals surface area contributed by atoms with Crippen molar-refractivity contribution in [3.8, 4) is 11.5 Å². The Balaban J connectivity index is 1.74. The number of benzene rings is 2. The first kappa shape index (κ1) is 25.2. The Labute approximate surface area is 195 Å². The van der Waals surface area contributed by atoms with Crippen LogP contribution < -0.4 is 10.1 Å². The van der Waals surface area contributed by atoms with Crippen LogP contribution in [-0.4, -0.2) is 57.6 Å². The number of nitrogens with one attached hydrogen (secondary N) is 1. The molecule has 0 radical (unpaired) electrons. The number of rotatable bonds is 12. The van der Waals surface area contributed by atoms with Gasteiger partial charge in [0.2, 0.25) is 15.9 Å². The number of nitrogens with zero attached hydrogens (tertiary/aromatic N) is 1. The second kappa shape index (κ2) is 12.1. The highest BCUT2D eigenvalue weighted by molar-refractivity contribution is 7.89. The van der Waals surface area contributed by atoms with Gasteiger partial charge in [-0.15, -0.1) is 0 Å². The van der Waals surface area contributed by atoms with Gasteiger partial charge in [-0.3, -0.25) is 4.79 Å². The summed E-state index contributed by atoms with van der Waals surface area (Å²) in [4.78, 5) is 12.7. The van der Waals surface area contributed by atoms with Gasteiger partial charge in [0.15, 0.2) is 5.75 Å². The van der Waals surface area contributed by atoms with E-state index in [1.807, 2.05) is 18.2 Å². The summed E-state index contributed by atoms with van der Waals surface area (Å²) in [5.41, 5.74) is 0.288. The summed E-state index contributed by atoms with van der Waals surface area (Å²) < 4.78 is 44.3. The largest absolute Gasteiger partial charge is 0.455 e. The molecule has 1 N–H and O–H groups in total. The molecule has 0 saturated carbocycles. The van der Waals surface area contributed by atoms with Gasteiger partial charge in [-0.25, -0.2) is 8.42 Å². The molecule has 0 bridgehead atoms. The maximum Gasteiger partial charge on any atom is 0.243 e. The zero-order valence-electron chi connectivity index (χ0n) is 19.2. The summed E-state index contributed by atoms with van der Waals surface area (Å²) in [5, 5.41) is 2.79. The van der Waals surface area contributed by atoms with Crippen molar-refractivity contribution in [2.45, 2.75) is 44.1 Å². The standard InChI is InChI=1S/C24H32N2O6S/c1-3-26(4-2)33(28,29)21-12-13-23(32-19-9-6-5-7-10-19)22(17-21)25-24(27)14-16-30-18-20-11-8-15-31-20/h5-7,9-10,12-13,17,20H,3-4,8,11,14-16,18H2,1-2H3,(H,25,27). The molecule has 0 spiro atoms. The molecule has 1 amide bonds. The van der Waals surface area contributed by atoms with Crippen LogP contribution in [0.5, 0.6) is 11.5 Å². The summed E-state index contributed by atoms with van der Waals surface area (Å²) in [6, 6.07) is 13.6. The molecule has 1 aliphatic heterocycles. The van der Waals surface area contributed by atoms with Crippen molar-refractivity contribution >= 4 is 21.6 Å². The molecule has 2 aromatic rings. The van der Waals surface area contributed by atoms with E-state index in [2.05, 4.69) is 5.32 Å². The van der Waals surface area contributed by atoms with Crippen molar-refractivity contribution in [1.29, 1.82) is 0 Å². The Bertz CT molecular complexity index is 1000. The fourth-order valence-electron chi connectivity index (χ4n) is 3.55. The third-order valence-corrected chi connectivity index (χ3v) is 7.39. The maximum absolute atomic E-state index is 13.0. The molecule has 8 nitrogen and oxygen atoms in total. The van der Waals surface area contributed by atoms with Gasteiger partial charge in [-0.2, -0.15) is 4.31 Å². The fourth-order valence-corrected chi connectivity index (χ4v) is 5.04. The molecule has 1 saturated heterocycles. The first-order chi connectivity index (χ1) is 15.9. The molecule has 1 atom stereocenters. The van der Waals surface area contributed by atoms with Crippen LogP contribution in [0.25, 0.3) is 0 Å². The molecular weight excluding hydrogens is 444 g/mol. The molecule has 1 aliphatic rings. The van der Waals surface area contributed by atoms with Crippen molar-refractivity contribution in [2.75, 3.05) is 38.2 Å². The van der Waals surface area contributed by atoms with Gasteiger partial charge in [0.05, 0.1) is 36.3 Å². The lowest BCUT2D eigenvalue weighted by Gasteiger charge is -2.20. The monoisotopic (exact) mass is 476 g/mol. The number of ether oxygens (including phenoxy) is 3. The Kier molecular flexibility index (Phi) is 9.25. The predicted molar refractivity (Wildman–Crippen MR) is 126 cm³/mol. The number of carbonyl (C=O) groups is 1. The highest BCUT2D eigenvalue weighted by Gasteiger charge is 2.23. The van der Waals surface area contributed by atoms with Crippen molar-refractivity contribution in [2.24, 2.45) is 0 Å². The molecule has 1 fully saturated rings. The predicted octanol–water partition coefficient (Wildman–Crippen LogP) is 4.03. The smallest absolute Gasteiger partial charge is 0.243 e. The van der Waals surface area contributed by atoms with Crippen molar-refractivity contribution in [3.63, 3.8) is 0 Å². The van der Waals surface area contributed by atoms with Crippen LogP contribution in [-0.2, 0) is 24.3 Å². The number of carbonyl (C=O) groups excluding carboxylic acids is 1. The Morgan fingerprint density at radius 3 is 2.58 bits per heavy atom. The molecule has 1 unspecified atom stereocenters. The molecule has 0 aliphatic carbocycles. The summed E-state index contributed by atoms with van der Waals surface area (Å²) in [5.74, 6) is 0.637. The number of sulfonamides is 1. The van der Waals surface area contributed by atoms with Crippen molar-refractivity contribution in [1.82, 2.24) is 4.31 Å². The van der Waals surface area contributed by atoms with E-state index < -0.39 is 10.0 Å². The van der Waals surface area contributed by atoms with Gasteiger partial charge in [0, 0.05) is 19.7 Å². The molecule has 1 heterocycles. The third kappa shape index (κ3) is 7.01. The zero-order chi connectivity index (χ0) is 23.7. The van der Waals surface area contributed by atoms with Crippen molar-refractivity contribution in [3.05, 3.63) is 48.5 Å². The first-order valence-electron chi connectivity index (χ1n) is 11.3. The van der Waals surface area contributed by atoms with Crippen LogP contribution in [0.4, 0.5) is 5.69 Å². The van der Waals surface area contributed by atoms with Crippen LogP contribution in [0.1, 0.15) is 33.1 Å². The summed E-state index contributed by atoms with van der Waals surface area (Å²) in [6.07, 6.45) is 2.23. The van der Waals surface area contributed by atoms with E-state index in [0.29, 0.717) is 31.2 Å². The van der Waals surface area contributed by atoms with Crippen LogP contribution in [0.15, 0.2) is 53.4 Å². The SMILES string of the molecule is CCN(CC)S(=O)(=O)c1ccc(Oc2ccccc2)c(NC(=O)CCOCC2CCCO2)c1. The minimum atomic E-state index is -3.69. The lowest BCUT2D eigenvalue weighted by molar-refractivity contribution is -0.117. The molecule has 33 heavy (non-hydrogen) atoms. The zero-order valence-corrected chi connectivity index (χ0v) is 20.0. The Hall–Kier alpha value is -2.46. The molecule has 0 aromatic heterocycles. The number of para-hydroxylation sites is 1. The minimum Gasteiger partial charge on any atom is -0.455 e. The number of anilines is 1. The Morgan fingerprint density at radius 1 is 1.15 bits per heavy atom. The van der Waals surface area contributed by atoms with E-state index in [0.717, 1.165) is 19.4 Å². The van der Waals surface area contributed by atoms with Crippen molar-refractivity contribution < 1.29 is 27.4 Å². The molecular formula is C24H32N2O6S. The van der Waals surface area contributed by atoms with E-state index in [4.69, 9.17) is 14.2 Å². The quantitative estimate of drug-likeness (QED) is 0.465. The van der Waals surface area contributed by atoms with Crippen LogP contribution in [0, 0.1) is 0 Å². The molecule has 3 rings (SSSR count). The topological polar surface area (TPSA) is 94.2 Å². The van der Waals surface area contributed by atoms with Crippen LogP contribution in [0.2, 0.25) is 0 Å². The second-order valence-corrected chi connectivity index (χ2v) is 9.61. The number of hydrogen-bond acceptors (Lipinski definition) is 6. The third-order valence-electron chi connectivity index (χ3n) is 5.34. The number of amides is 1. The van der Waals surface area contributed by atoms with Gasteiger partial charge < -0.3 is 19.5 Å². The summed E-state index contributed by atoms with van der Waals surface area (Å²) >= 11 is 0.